The van der Waals surface area contributed by atoms with Crippen LogP contribution in [0.1, 0.15) is 129 Å². The molecule has 0 aromatic rings. The van der Waals surface area contributed by atoms with Crippen molar-refractivity contribution in [2.24, 2.45) is 0 Å². The zero-order valence-electron chi connectivity index (χ0n) is 22.4. The summed E-state index contributed by atoms with van der Waals surface area (Å²) in [4.78, 5) is 34.3. The molecule has 1 unspecified atom stereocenters. The van der Waals surface area contributed by atoms with Gasteiger partial charge in [0.2, 0.25) is 5.91 Å². The Balaban J connectivity index is 3.85. The molecule has 0 aliphatic heterocycles. The highest BCUT2D eigenvalue weighted by Gasteiger charge is 2.14. The summed E-state index contributed by atoms with van der Waals surface area (Å²) >= 11 is 0. The molecular weight excluding hydrogens is 442 g/mol. The predicted octanol–water partition coefficient (Wildman–Crippen LogP) is 7.27. The number of aliphatic carboxylic acids is 1. The fourth-order valence-corrected chi connectivity index (χ4v) is 3.77. The van der Waals surface area contributed by atoms with Crippen molar-refractivity contribution in [3.63, 3.8) is 0 Å². The number of esters is 1. The molecule has 35 heavy (non-hydrogen) atoms. The number of allylic oxidation sites excluding steroid dienone is 4. The van der Waals surface area contributed by atoms with Crippen molar-refractivity contribution in [2.75, 3.05) is 6.54 Å². The molecule has 0 spiro atoms. The normalized spacial score (nSPS) is 12.3. The van der Waals surface area contributed by atoms with Gasteiger partial charge in [-0.2, -0.15) is 0 Å². The summed E-state index contributed by atoms with van der Waals surface area (Å²) in [5, 5.41) is 10.9. The molecule has 2 N–H and O–H groups in total. The Morgan fingerprint density at radius 2 is 1.37 bits per heavy atom. The second-order valence-electron chi connectivity index (χ2n) is 9.30. The number of carboxylic acids is 1. The Hall–Kier alpha value is -2.11. The summed E-state index contributed by atoms with van der Waals surface area (Å²) in [6.07, 6.45) is 26.2. The molecule has 6 heteroatoms. The average molecular weight is 494 g/mol. The number of carbonyl (C=O) groups is 3. The van der Waals surface area contributed by atoms with Crippen LogP contribution >= 0.6 is 0 Å². The van der Waals surface area contributed by atoms with E-state index in [4.69, 9.17) is 9.84 Å². The van der Waals surface area contributed by atoms with Crippen molar-refractivity contribution in [3.05, 3.63) is 24.3 Å². The second-order valence-corrected chi connectivity index (χ2v) is 9.30. The Morgan fingerprint density at radius 3 is 2.09 bits per heavy atom. The van der Waals surface area contributed by atoms with Gasteiger partial charge >= 0.3 is 11.9 Å². The van der Waals surface area contributed by atoms with Crippen molar-refractivity contribution in [1.82, 2.24) is 5.32 Å². The van der Waals surface area contributed by atoms with Crippen molar-refractivity contribution < 1.29 is 24.2 Å². The van der Waals surface area contributed by atoms with Crippen LogP contribution in [0.3, 0.4) is 0 Å². The summed E-state index contributed by atoms with van der Waals surface area (Å²) in [7, 11) is 0. The summed E-state index contributed by atoms with van der Waals surface area (Å²) in [5.41, 5.74) is 0. The highest BCUT2D eigenvalue weighted by Crippen LogP contribution is 2.16. The number of amides is 1. The molecule has 1 amide bonds. The number of carbonyl (C=O) groups excluding carboxylic acids is 2. The molecule has 0 radical (unpaired) electrons. The van der Waals surface area contributed by atoms with E-state index in [1.165, 1.54) is 25.7 Å². The van der Waals surface area contributed by atoms with Crippen LogP contribution in [-0.4, -0.2) is 35.6 Å². The molecule has 0 aliphatic rings. The smallest absolute Gasteiger partial charge is 0.322 e. The van der Waals surface area contributed by atoms with E-state index in [0.29, 0.717) is 19.3 Å². The van der Waals surface area contributed by atoms with Crippen molar-refractivity contribution in [2.45, 2.75) is 136 Å². The number of carboxylic acid groups (broad SMARTS) is 1. The number of rotatable bonds is 24. The molecule has 0 saturated carbocycles. The zero-order chi connectivity index (χ0) is 26.0. The first-order valence-corrected chi connectivity index (χ1v) is 14.0. The van der Waals surface area contributed by atoms with Gasteiger partial charge in [0.05, 0.1) is 0 Å². The monoisotopic (exact) mass is 493 g/mol. The molecule has 0 aromatic heterocycles. The van der Waals surface area contributed by atoms with Crippen molar-refractivity contribution >= 4 is 17.8 Å². The van der Waals surface area contributed by atoms with Gasteiger partial charge in [0.1, 0.15) is 12.6 Å². The number of nitrogens with one attached hydrogen (secondary N) is 1. The van der Waals surface area contributed by atoms with Gasteiger partial charge in [0.15, 0.2) is 0 Å². The van der Waals surface area contributed by atoms with E-state index in [1.54, 1.807) is 0 Å². The maximum Gasteiger partial charge on any atom is 0.322 e. The minimum atomic E-state index is -1.03. The summed E-state index contributed by atoms with van der Waals surface area (Å²) in [6, 6.07) is 0. The minimum Gasteiger partial charge on any atom is -0.480 e. The molecule has 0 aromatic carbocycles. The van der Waals surface area contributed by atoms with Crippen LogP contribution in [0.2, 0.25) is 0 Å². The first-order valence-electron chi connectivity index (χ1n) is 14.0. The molecule has 0 heterocycles. The fraction of sp³-hybridized carbons (Fsp3) is 0.759. The van der Waals surface area contributed by atoms with Crippen LogP contribution in [0.5, 0.6) is 0 Å². The molecule has 0 fully saturated rings. The highest BCUT2D eigenvalue weighted by molar-refractivity contribution is 5.80. The van der Waals surface area contributed by atoms with Crippen molar-refractivity contribution in [1.29, 1.82) is 0 Å². The van der Waals surface area contributed by atoms with E-state index < -0.39 is 5.97 Å². The number of hydrogen-bond acceptors (Lipinski definition) is 4. The van der Waals surface area contributed by atoms with Gasteiger partial charge in [0.25, 0.3) is 0 Å². The van der Waals surface area contributed by atoms with Crippen LogP contribution in [0, 0.1) is 0 Å². The lowest BCUT2D eigenvalue weighted by atomic mass is 10.0. The fourth-order valence-electron chi connectivity index (χ4n) is 3.77. The third kappa shape index (κ3) is 24.8. The number of unbranched alkanes of at least 4 members (excludes halogenated alkanes) is 9. The molecule has 0 rings (SSSR count). The van der Waals surface area contributed by atoms with Gasteiger partial charge < -0.3 is 15.2 Å². The second kappa shape index (κ2) is 25.0. The van der Waals surface area contributed by atoms with Gasteiger partial charge in [-0.1, -0.05) is 83.1 Å². The molecule has 202 valence electrons. The number of ether oxygens (including phenoxy) is 1. The third-order valence-electron chi connectivity index (χ3n) is 5.86. The first kappa shape index (κ1) is 32.9. The summed E-state index contributed by atoms with van der Waals surface area (Å²) in [5.74, 6) is -1.35. The van der Waals surface area contributed by atoms with Gasteiger partial charge in [0, 0.05) is 12.8 Å². The Morgan fingerprint density at radius 1 is 0.743 bits per heavy atom. The lowest BCUT2D eigenvalue weighted by Crippen LogP contribution is -2.28. The highest BCUT2D eigenvalue weighted by atomic mass is 16.5. The van der Waals surface area contributed by atoms with E-state index in [-0.39, 0.29) is 24.5 Å². The summed E-state index contributed by atoms with van der Waals surface area (Å²) < 4.78 is 5.75. The number of hydrogen-bond donors (Lipinski definition) is 2. The minimum absolute atomic E-state index is 0.0353. The van der Waals surface area contributed by atoms with E-state index in [2.05, 4.69) is 43.5 Å². The Kier molecular flexibility index (Phi) is 23.5. The Labute approximate surface area is 214 Å². The van der Waals surface area contributed by atoms with E-state index >= 15 is 0 Å². The SMILES string of the molecule is CCC/C=C\C/C=C\CCCCCCCC(=O)OC(CCCC)CCCCCC(=O)NCC(=O)O. The largest absolute Gasteiger partial charge is 0.480 e. The molecule has 1 atom stereocenters. The average Bonchev–Trinajstić information content (AvgIpc) is 2.83. The predicted molar refractivity (Wildman–Crippen MR) is 143 cm³/mol. The van der Waals surface area contributed by atoms with E-state index in [0.717, 1.165) is 70.6 Å². The third-order valence-corrected chi connectivity index (χ3v) is 5.86. The quantitative estimate of drug-likeness (QED) is 0.0837. The molecular formula is C29H51NO5. The Bertz CT molecular complexity index is 600. The molecule has 0 bridgehead atoms. The molecule has 6 nitrogen and oxygen atoms in total. The maximum atomic E-state index is 12.3. The summed E-state index contributed by atoms with van der Waals surface area (Å²) in [6.45, 7) is 4.00. The van der Waals surface area contributed by atoms with Crippen LogP contribution in [0.25, 0.3) is 0 Å². The zero-order valence-corrected chi connectivity index (χ0v) is 22.4. The van der Waals surface area contributed by atoms with Gasteiger partial charge in [-0.15, -0.1) is 0 Å². The molecule has 0 saturated heterocycles. The standard InChI is InChI=1S/C29H51NO5/c1-3-5-7-8-9-10-11-12-13-14-15-16-20-24-29(34)35-26(21-6-4-2)22-18-17-19-23-27(31)30-25-28(32)33/h7-8,10-11,26H,3-6,9,12-25H2,1-2H3,(H,30,31)(H,32,33)/b8-7-,11-10-. The van der Waals surface area contributed by atoms with Gasteiger partial charge in [-0.3, -0.25) is 14.4 Å². The topological polar surface area (TPSA) is 92.7 Å². The van der Waals surface area contributed by atoms with E-state index in [9.17, 15) is 14.4 Å². The lowest BCUT2D eigenvalue weighted by Gasteiger charge is -2.18. The first-order chi connectivity index (χ1) is 17.0. The van der Waals surface area contributed by atoms with Crippen LogP contribution in [0.4, 0.5) is 0 Å². The lowest BCUT2D eigenvalue weighted by molar-refractivity contribution is -0.150. The van der Waals surface area contributed by atoms with Crippen molar-refractivity contribution in [3.8, 4) is 0 Å². The van der Waals surface area contributed by atoms with Gasteiger partial charge in [-0.25, -0.2) is 0 Å². The van der Waals surface area contributed by atoms with Crippen LogP contribution in [0.15, 0.2) is 24.3 Å². The van der Waals surface area contributed by atoms with Gasteiger partial charge in [-0.05, 0) is 57.8 Å². The van der Waals surface area contributed by atoms with E-state index in [1.807, 2.05) is 0 Å². The maximum absolute atomic E-state index is 12.3. The van der Waals surface area contributed by atoms with Crippen LogP contribution < -0.4 is 5.32 Å². The van der Waals surface area contributed by atoms with Crippen LogP contribution in [-0.2, 0) is 19.1 Å². The molecule has 0 aliphatic carbocycles.